The van der Waals surface area contributed by atoms with Crippen LogP contribution in [0.2, 0.25) is 0 Å². The molecular weight excluding hydrogens is 179 g/mol. The van der Waals surface area contributed by atoms with Crippen LogP contribution in [0.4, 0.5) is 0 Å². The van der Waals surface area contributed by atoms with E-state index in [1.165, 1.54) is 0 Å². The molecule has 1 saturated heterocycles. The molecule has 1 fully saturated rings. The molecule has 2 rings (SSSR count). The van der Waals surface area contributed by atoms with Crippen LogP contribution in [0.15, 0.2) is 30.3 Å². The van der Waals surface area contributed by atoms with Crippen molar-refractivity contribution in [1.82, 2.24) is 0 Å². The molecule has 0 bridgehead atoms. The molecule has 4 heteroatoms. The van der Waals surface area contributed by atoms with Crippen LogP contribution >= 0.6 is 0 Å². The van der Waals surface area contributed by atoms with Crippen LogP contribution in [-0.4, -0.2) is 12.1 Å². The summed E-state index contributed by atoms with van der Waals surface area (Å²) < 4.78 is 4.90. The second-order valence-corrected chi connectivity index (χ2v) is 2.71. The Labute approximate surface area is 98.0 Å². The van der Waals surface area contributed by atoms with E-state index in [0.29, 0.717) is 0 Å². The van der Waals surface area contributed by atoms with Gasteiger partial charge in [0.1, 0.15) is 12.2 Å². The molecule has 1 aliphatic heterocycles. The van der Waals surface area contributed by atoms with Crippen molar-refractivity contribution < 1.29 is 44.2 Å². The maximum atomic E-state index is 10.3. The van der Waals surface area contributed by atoms with E-state index in [1.807, 2.05) is 30.3 Å². The zero-order valence-electron chi connectivity index (χ0n) is 7.27. The van der Waals surface area contributed by atoms with E-state index in [-0.39, 0.29) is 35.7 Å². The van der Waals surface area contributed by atoms with Crippen molar-refractivity contribution in [3.8, 4) is 0 Å². The molecule has 0 aliphatic carbocycles. The minimum atomic E-state index is -1.14. The molecule has 0 spiro atoms. The van der Waals surface area contributed by atoms with Gasteiger partial charge in [0.15, 0.2) is 0 Å². The van der Waals surface area contributed by atoms with E-state index in [2.05, 4.69) is 0 Å². The van der Waals surface area contributed by atoms with Crippen LogP contribution in [0.25, 0.3) is 0 Å². The van der Waals surface area contributed by atoms with Gasteiger partial charge >= 0.3 is 29.6 Å². The van der Waals surface area contributed by atoms with E-state index >= 15 is 0 Å². The van der Waals surface area contributed by atoms with Crippen LogP contribution in [0, 0.1) is 0 Å². The molecule has 0 N–H and O–H groups in total. The van der Waals surface area contributed by atoms with E-state index < -0.39 is 12.1 Å². The number of carbonyl (C=O) groups excluding carboxylic acids is 1. The molecule has 1 aromatic carbocycles. The molecule has 1 heterocycles. The van der Waals surface area contributed by atoms with Gasteiger partial charge in [-0.1, -0.05) is 30.3 Å². The molecule has 2 unspecified atom stereocenters. The summed E-state index contributed by atoms with van der Waals surface area (Å²) in [6, 6.07) is 9.26. The number of epoxide rings is 1. The Balaban J connectivity index is 0.000000845. The van der Waals surface area contributed by atoms with Crippen LogP contribution in [0.3, 0.4) is 0 Å². The van der Waals surface area contributed by atoms with Gasteiger partial charge in [0.05, 0.1) is 5.97 Å². The number of hydrogen-bond donors (Lipinski definition) is 0. The Hall–Kier alpha value is -0.350. The fourth-order valence-corrected chi connectivity index (χ4v) is 1.19. The van der Waals surface area contributed by atoms with Gasteiger partial charge in [0.25, 0.3) is 0 Å². The number of carboxylic acids is 1. The quantitative estimate of drug-likeness (QED) is 0.363. The Morgan fingerprint density at radius 1 is 1.31 bits per heavy atom. The molecule has 0 radical (unpaired) electrons. The number of aliphatic carboxylic acids is 1. The minimum Gasteiger partial charge on any atom is -0.547 e. The third kappa shape index (κ3) is 2.31. The first-order valence-electron chi connectivity index (χ1n) is 3.70. The van der Waals surface area contributed by atoms with Gasteiger partial charge in [-0.3, -0.25) is 0 Å². The summed E-state index contributed by atoms with van der Waals surface area (Å²) in [6.07, 6.45) is -1.04. The SMILES string of the molecule is O=C([O-])C1OC1c1ccccc1.[Na+]. The van der Waals surface area contributed by atoms with Crippen LogP contribution in [0.5, 0.6) is 0 Å². The summed E-state index contributed by atoms with van der Waals surface area (Å²) in [5.74, 6) is -1.14. The predicted molar refractivity (Wildman–Crippen MR) is 39.1 cm³/mol. The molecule has 13 heavy (non-hydrogen) atoms. The van der Waals surface area contributed by atoms with Gasteiger partial charge in [-0.15, -0.1) is 0 Å². The van der Waals surface area contributed by atoms with Gasteiger partial charge in [0, 0.05) is 0 Å². The Morgan fingerprint density at radius 2 is 1.92 bits per heavy atom. The average molecular weight is 186 g/mol. The topological polar surface area (TPSA) is 52.7 Å². The maximum Gasteiger partial charge on any atom is 1.00 e. The number of benzene rings is 1. The Bertz CT molecular complexity index is 299. The first kappa shape index (κ1) is 10.7. The average Bonchev–Trinajstić information content (AvgIpc) is 2.84. The van der Waals surface area contributed by atoms with Gasteiger partial charge in [-0.2, -0.15) is 0 Å². The number of hydrogen-bond acceptors (Lipinski definition) is 3. The molecule has 1 aromatic rings. The molecule has 62 valence electrons. The normalized spacial score (nSPS) is 24.6. The third-order valence-corrected chi connectivity index (χ3v) is 1.85. The van der Waals surface area contributed by atoms with E-state index in [4.69, 9.17) is 4.74 Å². The molecule has 2 atom stereocenters. The van der Waals surface area contributed by atoms with Crippen LogP contribution in [-0.2, 0) is 9.53 Å². The number of carboxylic acid groups (broad SMARTS) is 1. The fourth-order valence-electron chi connectivity index (χ4n) is 1.19. The van der Waals surface area contributed by atoms with Crippen molar-refractivity contribution in [3.05, 3.63) is 35.9 Å². The van der Waals surface area contributed by atoms with E-state index in [9.17, 15) is 9.90 Å². The zero-order valence-corrected chi connectivity index (χ0v) is 9.27. The first-order valence-corrected chi connectivity index (χ1v) is 3.70. The molecule has 0 aromatic heterocycles. The first-order chi connectivity index (χ1) is 5.79. The summed E-state index contributed by atoms with van der Waals surface area (Å²) in [5, 5.41) is 10.3. The number of carbonyl (C=O) groups is 1. The van der Waals surface area contributed by atoms with Crippen LogP contribution < -0.4 is 34.7 Å². The maximum absolute atomic E-state index is 10.3. The van der Waals surface area contributed by atoms with Crippen molar-refractivity contribution in [3.63, 3.8) is 0 Å². The van der Waals surface area contributed by atoms with Gasteiger partial charge < -0.3 is 14.6 Å². The second kappa shape index (κ2) is 4.24. The van der Waals surface area contributed by atoms with Crippen molar-refractivity contribution in [2.45, 2.75) is 12.2 Å². The minimum absolute atomic E-state index is 0. The van der Waals surface area contributed by atoms with Crippen LogP contribution in [0.1, 0.15) is 11.7 Å². The Morgan fingerprint density at radius 3 is 2.38 bits per heavy atom. The van der Waals surface area contributed by atoms with Crippen molar-refractivity contribution in [2.75, 3.05) is 0 Å². The number of ether oxygens (including phenoxy) is 1. The fraction of sp³-hybridized carbons (Fsp3) is 0.222. The van der Waals surface area contributed by atoms with Gasteiger partial charge in [-0.05, 0) is 5.56 Å². The number of rotatable bonds is 2. The van der Waals surface area contributed by atoms with Crippen molar-refractivity contribution >= 4 is 5.97 Å². The summed E-state index contributed by atoms with van der Waals surface area (Å²) in [5.41, 5.74) is 0.895. The predicted octanol–water partition coefficient (Wildman–Crippen LogP) is -3.12. The van der Waals surface area contributed by atoms with Crippen molar-refractivity contribution in [1.29, 1.82) is 0 Å². The standard InChI is InChI=1S/C9H8O3.Na/c10-9(11)8-7(12-8)6-4-2-1-3-5-6;/h1-5,7-8H,(H,10,11);/q;+1/p-1. The molecule has 1 aliphatic rings. The van der Waals surface area contributed by atoms with Gasteiger partial charge in [-0.25, -0.2) is 0 Å². The van der Waals surface area contributed by atoms with Crippen molar-refractivity contribution in [2.24, 2.45) is 0 Å². The van der Waals surface area contributed by atoms with E-state index in [1.54, 1.807) is 0 Å². The molecular formula is C9H7NaO3. The monoisotopic (exact) mass is 186 g/mol. The smallest absolute Gasteiger partial charge is 0.547 e. The largest absolute Gasteiger partial charge is 1.00 e. The molecule has 3 nitrogen and oxygen atoms in total. The summed E-state index contributed by atoms with van der Waals surface area (Å²) in [6.45, 7) is 0. The van der Waals surface area contributed by atoms with E-state index in [0.717, 1.165) is 5.56 Å². The molecule has 0 amide bonds. The Kier molecular flexibility index (Phi) is 3.50. The second-order valence-electron chi connectivity index (χ2n) is 2.71. The third-order valence-electron chi connectivity index (χ3n) is 1.85. The summed E-state index contributed by atoms with van der Waals surface area (Å²) >= 11 is 0. The summed E-state index contributed by atoms with van der Waals surface area (Å²) in [7, 11) is 0. The zero-order chi connectivity index (χ0) is 8.55. The summed E-state index contributed by atoms with van der Waals surface area (Å²) in [4.78, 5) is 10.3. The molecule has 0 saturated carbocycles. The van der Waals surface area contributed by atoms with Gasteiger partial charge in [0.2, 0.25) is 0 Å².